The van der Waals surface area contributed by atoms with Crippen LogP contribution in [-0.4, -0.2) is 59.0 Å². The second kappa shape index (κ2) is 6.12. The Morgan fingerprint density at radius 1 is 1.45 bits per heavy atom. The second-order valence-corrected chi connectivity index (χ2v) is 6.17. The van der Waals surface area contributed by atoms with Gasteiger partial charge in [-0.3, -0.25) is 0 Å². The molecule has 1 amide bonds. The Morgan fingerprint density at radius 3 is 2.82 bits per heavy atom. The highest BCUT2D eigenvalue weighted by Gasteiger charge is 2.43. The van der Waals surface area contributed by atoms with Crippen LogP contribution in [-0.2, 0) is 4.74 Å². The average Bonchev–Trinajstić information content (AvgIpc) is 2.55. The highest BCUT2D eigenvalue weighted by atomic mass is 16.5. The monoisotopic (exact) mass is 305 g/mol. The van der Waals surface area contributed by atoms with Gasteiger partial charge in [0, 0.05) is 32.4 Å². The topological polar surface area (TPSA) is 65.9 Å². The van der Waals surface area contributed by atoms with E-state index in [4.69, 9.17) is 9.84 Å². The van der Waals surface area contributed by atoms with Crippen LogP contribution in [0.1, 0.15) is 26.2 Å². The molecule has 2 saturated heterocycles. The maximum atomic E-state index is 11.1. The molecule has 0 saturated carbocycles. The van der Waals surface area contributed by atoms with Crippen LogP contribution in [0.3, 0.4) is 0 Å². The van der Waals surface area contributed by atoms with E-state index in [0.717, 1.165) is 38.2 Å². The predicted octanol–water partition coefficient (Wildman–Crippen LogP) is 2.21. The van der Waals surface area contributed by atoms with Gasteiger partial charge in [-0.05, 0) is 31.4 Å². The summed E-state index contributed by atoms with van der Waals surface area (Å²) in [5.74, 6) is 0.976. The van der Waals surface area contributed by atoms with E-state index in [9.17, 15) is 4.79 Å². The van der Waals surface area contributed by atoms with Crippen molar-refractivity contribution < 1.29 is 14.6 Å². The third-order valence-corrected chi connectivity index (χ3v) is 4.69. The van der Waals surface area contributed by atoms with E-state index in [0.29, 0.717) is 13.1 Å². The summed E-state index contributed by atoms with van der Waals surface area (Å²) in [6.45, 7) is 4.85. The fraction of sp³-hybridized carbons (Fsp3) is 0.625. The summed E-state index contributed by atoms with van der Waals surface area (Å²) in [4.78, 5) is 19.3. The molecule has 3 rings (SSSR count). The zero-order chi connectivity index (χ0) is 15.6. The molecule has 22 heavy (non-hydrogen) atoms. The third-order valence-electron chi connectivity index (χ3n) is 4.69. The maximum Gasteiger partial charge on any atom is 0.407 e. The number of nitrogens with zero attached hydrogens (tertiary/aromatic N) is 3. The van der Waals surface area contributed by atoms with Crippen LogP contribution >= 0.6 is 0 Å². The zero-order valence-corrected chi connectivity index (χ0v) is 12.9. The molecule has 1 aromatic heterocycles. The van der Waals surface area contributed by atoms with Crippen LogP contribution in [0.5, 0.6) is 0 Å². The lowest BCUT2D eigenvalue weighted by molar-refractivity contribution is -0.131. The fourth-order valence-electron chi connectivity index (χ4n) is 3.40. The van der Waals surface area contributed by atoms with Gasteiger partial charge in [0.2, 0.25) is 0 Å². The van der Waals surface area contributed by atoms with Gasteiger partial charge < -0.3 is 19.6 Å². The Morgan fingerprint density at radius 2 is 2.23 bits per heavy atom. The van der Waals surface area contributed by atoms with Crippen molar-refractivity contribution in [3.05, 3.63) is 24.4 Å². The molecule has 0 aliphatic carbocycles. The van der Waals surface area contributed by atoms with Gasteiger partial charge in [0.05, 0.1) is 11.7 Å². The highest BCUT2D eigenvalue weighted by molar-refractivity contribution is 5.65. The largest absolute Gasteiger partial charge is 0.465 e. The molecule has 6 nitrogen and oxygen atoms in total. The summed E-state index contributed by atoms with van der Waals surface area (Å²) in [5.41, 5.74) is -0.248. The van der Waals surface area contributed by atoms with Crippen molar-refractivity contribution in [1.82, 2.24) is 9.88 Å². The van der Waals surface area contributed by atoms with Gasteiger partial charge in [0.1, 0.15) is 5.82 Å². The molecule has 0 radical (unpaired) electrons. The first kappa shape index (κ1) is 15.1. The minimum Gasteiger partial charge on any atom is -0.465 e. The van der Waals surface area contributed by atoms with Crippen LogP contribution in [0.25, 0.3) is 0 Å². The lowest BCUT2D eigenvalue weighted by atomic mass is 9.88. The number of likely N-dealkylation sites (tertiary alicyclic amines) is 1. The van der Waals surface area contributed by atoms with E-state index in [1.54, 1.807) is 0 Å². The fourth-order valence-corrected chi connectivity index (χ4v) is 3.40. The lowest BCUT2D eigenvalue weighted by Crippen LogP contribution is -2.60. The Hall–Kier alpha value is -1.82. The van der Waals surface area contributed by atoms with Gasteiger partial charge in [-0.25, -0.2) is 9.78 Å². The molecule has 3 heterocycles. The third kappa shape index (κ3) is 3.02. The number of hydrogen-bond donors (Lipinski definition) is 1. The highest BCUT2D eigenvalue weighted by Crippen LogP contribution is 2.34. The Balaban J connectivity index is 1.76. The number of morpholine rings is 1. The summed E-state index contributed by atoms with van der Waals surface area (Å²) in [6, 6.07) is 5.94. The molecular weight excluding hydrogens is 282 g/mol. The van der Waals surface area contributed by atoms with Crippen LogP contribution < -0.4 is 4.90 Å². The molecule has 2 aliphatic rings. The first-order chi connectivity index (χ1) is 10.6. The number of carbonyl (C=O) groups is 1. The number of carboxylic acid groups (broad SMARTS) is 1. The van der Waals surface area contributed by atoms with E-state index in [1.807, 2.05) is 24.4 Å². The first-order valence-corrected chi connectivity index (χ1v) is 7.93. The number of piperidine rings is 1. The summed E-state index contributed by atoms with van der Waals surface area (Å²) in [6.07, 6.45) is 3.60. The maximum absolute atomic E-state index is 11.1. The lowest BCUT2D eigenvalue weighted by Gasteiger charge is -2.50. The Bertz CT molecular complexity index is 515. The average molecular weight is 305 g/mol. The van der Waals surface area contributed by atoms with Crippen molar-refractivity contribution in [2.24, 2.45) is 0 Å². The van der Waals surface area contributed by atoms with Crippen molar-refractivity contribution in [3.63, 3.8) is 0 Å². The van der Waals surface area contributed by atoms with Gasteiger partial charge in [0.25, 0.3) is 0 Å². The summed E-state index contributed by atoms with van der Waals surface area (Å²) in [5, 5.41) is 9.12. The minimum atomic E-state index is -0.834. The minimum absolute atomic E-state index is 0.173. The quantitative estimate of drug-likeness (QED) is 0.907. The summed E-state index contributed by atoms with van der Waals surface area (Å²) < 4.78 is 6.35. The predicted molar refractivity (Wildman–Crippen MR) is 83.2 cm³/mol. The van der Waals surface area contributed by atoms with Crippen molar-refractivity contribution in [2.75, 3.05) is 31.1 Å². The number of amides is 1. The molecule has 2 fully saturated rings. The van der Waals surface area contributed by atoms with E-state index >= 15 is 0 Å². The number of aromatic nitrogens is 1. The van der Waals surface area contributed by atoms with E-state index in [-0.39, 0.29) is 11.7 Å². The van der Waals surface area contributed by atoms with Gasteiger partial charge in [-0.2, -0.15) is 0 Å². The van der Waals surface area contributed by atoms with Crippen molar-refractivity contribution in [3.8, 4) is 0 Å². The zero-order valence-electron chi connectivity index (χ0n) is 12.9. The molecule has 1 aromatic rings. The van der Waals surface area contributed by atoms with Gasteiger partial charge in [0.15, 0.2) is 0 Å². The number of ether oxygens (including phenoxy) is 1. The summed E-state index contributed by atoms with van der Waals surface area (Å²) in [7, 11) is 0. The standard InChI is InChI=1S/C16H23N3O3/c1-2-13-11-19(14-5-3-4-8-17-14)12-16(22-13)6-9-18(10-7-16)15(20)21/h3-5,8,13H,2,6-7,9-12H2,1H3,(H,20,21). The Labute approximate surface area is 130 Å². The molecule has 0 bridgehead atoms. The second-order valence-electron chi connectivity index (χ2n) is 6.17. The molecular formula is C16H23N3O3. The van der Waals surface area contributed by atoms with E-state index in [1.165, 1.54) is 4.90 Å². The van der Waals surface area contributed by atoms with E-state index < -0.39 is 6.09 Å². The normalized spacial score (nSPS) is 24.5. The molecule has 1 spiro atoms. The SMILES string of the molecule is CCC1CN(c2ccccn2)CC2(CCN(C(=O)O)CC2)O1. The van der Waals surface area contributed by atoms with Gasteiger partial charge in [-0.15, -0.1) is 0 Å². The van der Waals surface area contributed by atoms with Crippen molar-refractivity contribution in [2.45, 2.75) is 37.9 Å². The van der Waals surface area contributed by atoms with Crippen LogP contribution in [0, 0.1) is 0 Å². The smallest absolute Gasteiger partial charge is 0.407 e. The van der Waals surface area contributed by atoms with Crippen LogP contribution in [0.15, 0.2) is 24.4 Å². The van der Waals surface area contributed by atoms with Crippen molar-refractivity contribution >= 4 is 11.9 Å². The van der Waals surface area contributed by atoms with Gasteiger partial charge >= 0.3 is 6.09 Å². The molecule has 2 aliphatic heterocycles. The molecule has 1 unspecified atom stereocenters. The number of anilines is 1. The Kier molecular flexibility index (Phi) is 4.20. The van der Waals surface area contributed by atoms with Crippen LogP contribution in [0.4, 0.5) is 10.6 Å². The van der Waals surface area contributed by atoms with Gasteiger partial charge in [-0.1, -0.05) is 13.0 Å². The molecule has 1 atom stereocenters. The number of pyridine rings is 1. The van der Waals surface area contributed by atoms with Crippen LogP contribution in [0.2, 0.25) is 0 Å². The summed E-state index contributed by atoms with van der Waals surface area (Å²) >= 11 is 0. The van der Waals surface area contributed by atoms with E-state index in [2.05, 4.69) is 16.8 Å². The molecule has 0 aromatic carbocycles. The van der Waals surface area contributed by atoms with Crippen molar-refractivity contribution in [1.29, 1.82) is 0 Å². The number of rotatable bonds is 2. The molecule has 6 heteroatoms. The number of hydrogen-bond acceptors (Lipinski definition) is 4. The molecule has 120 valence electrons. The first-order valence-electron chi connectivity index (χ1n) is 7.93. The molecule has 1 N–H and O–H groups in total.